The zero-order valence-electron chi connectivity index (χ0n) is 16.2. The standard InChI is InChI=1S/C20H27N5O2/c1-15-5-4-6-18(16(15)2)24-8-10-25(11-9-24)20(26)17-13-23-19(14-22-17)21-7-12-27-3/h4-6,13-14H,7-12H2,1-3H3,(H,21,23). The predicted octanol–water partition coefficient (Wildman–Crippen LogP) is 2.11. The van der Waals surface area contributed by atoms with E-state index in [4.69, 9.17) is 4.74 Å². The molecule has 0 aliphatic carbocycles. The quantitative estimate of drug-likeness (QED) is 0.787. The second-order valence-corrected chi connectivity index (χ2v) is 6.70. The maximum atomic E-state index is 12.7. The van der Waals surface area contributed by atoms with Crippen molar-refractivity contribution >= 4 is 17.4 Å². The summed E-state index contributed by atoms with van der Waals surface area (Å²) >= 11 is 0. The number of nitrogens with zero attached hydrogens (tertiary/aromatic N) is 4. The van der Waals surface area contributed by atoms with Crippen molar-refractivity contribution in [2.75, 3.05) is 56.7 Å². The zero-order valence-corrected chi connectivity index (χ0v) is 16.2. The van der Waals surface area contributed by atoms with E-state index >= 15 is 0 Å². The van der Waals surface area contributed by atoms with E-state index in [1.807, 2.05) is 4.90 Å². The van der Waals surface area contributed by atoms with Crippen LogP contribution in [0.3, 0.4) is 0 Å². The summed E-state index contributed by atoms with van der Waals surface area (Å²) in [4.78, 5) is 25.4. The number of amides is 1. The number of aryl methyl sites for hydroxylation is 1. The fourth-order valence-corrected chi connectivity index (χ4v) is 3.20. The van der Waals surface area contributed by atoms with Gasteiger partial charge in [-0.1, -0.05) is 12.1 Å². The average Bonchev–Trinajstić information content (AvgIpc) is 2.70. The molecule has 0 bridgehead atoms. The van der Waals surface area contributed by atoms with Crippen LogP contribution in [-0.4, -0.2) is 67.2 Å². The van der Waals surface area contributed by atoms with E-state index < -0.39 is 0 Å². The van der Waals surface area contributed by atoms with Crippen LogP contribution in [0.1, 0.15) is 21.6 Å². The highest BCUT2D eigenvalue weighted by atomic mass is 16.5. The van der Waals surface area contributed by atoms with Crippen molar-refractivity contribution in [1.29, 1.82) is 0 Å². The topological polar surface area (TPSA) is 70.6 Å². The van der Waals surface area contributed by atoms with Crippen LogP contribution in [0, 0.1) is 13.8 Å². The number of hydrogen-bond donors (Lipinski definition) is 1. The molecule has 0 saturated carbocycles. The van der Waals surface area contributed by atoms with Crippen molar-refractivity contribution in [3.63, 3.8) is 0 Å². The lowest BCUT2D eigenvalue weighted by Crippen LogP contribution is -2.49. The van der Waals surface area contributed by atoms with Gasteiger partial charge in [-0.05, 0) is 31.0 Å². The normalized spacial score (nSPS) is 14.3. The molecule has 0 unspecified atom stereocenters. The number of nitrogens with one attached hydrogen (secondary N) is 1. The van der Waals surface area contributed by atoms with Crippen molar-refractivity contribution in [1.82, 2.24) is 14.9 Å². The van der Waals surface area contributed by atoms with Gasteiger partial charge in [0.15, 0.2) is 0 Å². The van der Waals surface area contributed by atoms with Gasteiger partial charge in [0.1, 0.15) is 11.5 Å². The first-order valence-corrected chi connectivity index (χ1v) is 9.25. The molecule has 1 aromatic carbocycles. The van der Waals surface area contributed by atoms with Gasteiger partial charge in [0.2, 0.25) is 0 Å². The monoisotopic (exact) mass is 369 g/mol. The summed E-state index contributed by atoms with van der Waals surface area (Å²) in [6.45, 7) is 8.53. The summed E-state index contributed by atoms with van der Waals surface area (Å²) < 4.78 is 4.98. The van der Waals surface area contributed by atoms with E-state index in [2.05, 4.69) is 52.2 Å². The number of aromatic nitrogens is 2. The number of methoxy groups -OCH3 is 1. The minimum absolute atomic E-state index is 0.0634. The number of carbonyl (C=O) groups excluding carboxylic acids is 1. The molecule has 7 heteroatoms. The average molecular weight is 369 g/mol. The van der Waals surface area contributed by atoms with Crippen LogP contribution in [0.25, 0.3) is 0 Å². The zero-order chi connectivity index (χ0) is 19.2. The molecule has 3 rings (SSSR count). The third kappa shape index (κ3) is 4.54. The minimum Gasteiger partial charge on any atom is -0.383 e. The molecule has 1 fully saturated rings. The van der Waals surface area contributed by atoms with E-state index in [0.29, 0.717) is 37.8 Å². The molecule has 2 aromatic rings. The maximum absolute atomic E-state index is 12.7. The molecule has 1 aromatic heterocycles. The lowest BCUT2D eigenvalue weighted by atomic mass is 10.1. The Kier molecular flexibility index (Phi) is 6.24. The molecule has 1 aliphatic heterocycles. The summed E-state index contributed by atoms with van der Waals surface area (Å²) in [5.41, 5.74) is 4.24. The molecular weight excluding hydrogens is 342 g/mol. The molecule has 1 aliphatic rings. The van der Waals surface area contributed by atoms with Crippen LogP contribution in [0.2, 0.25) is 0 Å². The summed E-state index contributed by atoms with van der Waals surface area (Å²) in [7, 11) is 1.65. The summed E-state index contributed by atoms with van der Waals surface area (Å²) in [5, 5.41) is 3.09. The summed E-state index contributed by atoms with van der Waals surface area (Å²) in [5.74, 6) is 0.579. The highest BCUT2D eigenvalue weighted by Crippen LogP contribution is 2.24. The largest absolute Gasteiger partial charge is 0.383 e. The Morgan fingerprint density at radius 1 is 1.15 bits per heavy atom. The number of carbonyl (C=O) groups is 1. The number of anilines is 2. The number of ether oxygens (including phenoxy) is 1. The SMILES string of the molecule is COCCNc1cnc(C(=O)N2CCN(c3cccc(C)c3C)CC2)cn1. The van der Waals surface area contributed by atoms with Gasteiger partial charge in [0.05, 0.1) is 19.0 Å². The molecule has 7 nitrogen and oxygen atoms in total. The smallest absolute Gasteiger partial charge is 0.274 e. The van der Waals surface area contributed by atoms with Crippen molar-refractivity contribution in [2.45, 2.75) is 13.8 Å². The first kappa shape index (κ1) is 19.1. The van der Waals surface area contributed by atoms with E-state index in [1.165, 1.54) is 23.0 Å². The van der Waals surface area contributed by atoms with E-state index in [9.17, 15) is 4.79 Å². The van der Waals surface area contributed by atoms with Crippen LogP contribution in [0.15, 0.2) is 30.6 Å². The Hall–Kier alpha value is -2.67. The fraction of sp³-hybridized carbons (Fsp3) is 0.450. The highest BCUT2D eigenvalue weighted by Gasteiger charge is 2.24. The fourth-order valence-electron chi connectivity index (χ4n) is 3.20. The van der Waals surface area contributed by atoms with E-state index in [-0.39, 0.29) is 5.91 Å². The molecule has 1 amide bonds. The number of hydrogen-bond acceptors (Lipinski definition) is 6. The second kappa shape index (κ2) is 8.81. The van der Waals surface area contributed by atoms with Gasteiger partial charge in [0.25, 0.3) is 5.91 Å². The highest BCUT2D eigenvalue weighted by molar-refractivity contribution is 5.92. The Labute approximate surface area is 160 Å². The van der Waals surface area contributed by atoms with Crippen LogP contribution in [0.5, 0.6) is 0 Å². The summed E-state index contributed by atoms with van der Waals surface area (Å²) in [6.07, 6.45) is 3.13. The molecule has 1 saturated heterocycles. The Morgan fingerprint density at radius 3 is 2.59 bits per heavy atom. The molecule has 2 heterocycles. The van der Waals surface area contributed by atoms with Gasteiger partial charge in [-0.3, -0.25) is 4.79 Å². The third-order valence-electron chi connectivity index (χ3n) is 4.97. The van der Waals surface area contributed by atoms with Crippen LogP contribution < -0.4 is 10.2 Å². The molecular formula is C20H27N5O2. The summed E-state index contributed by atoms with van der Waals surface area (Å²) in [6, 6.07) is 6.37. The lowest BCUT2D eigenvalue weighted by molar-refractivity contribution is 0.0740. The maximum Gasteiger partial charge on any atom is 0.274 e. The molecule has 0 spiro atoms. The molecule has 1 N–H and O–H groups in total. The van der Waals surface area contributed by atoms with E-state index in [1.54, 1.807) is 13.3 Å². The van der Waals surface area contributed by atoms with Crippen molar-refractivity contribution < 1.29 is 9.53 Å². The van der Waals surface area contributed by atoms with Crippen molar-refractivity contribution in [3.05, 3.63) is 47.4 Å². The van der Waals surface area contributed by atoms with Gasteiger partial charge in [-0.2, -0.15) is 0 Å². The molecule has 27 heavy (non-hydrogen) atoms. The molecule has 0 radical (unpaired) electrons. The lowest BCUT2D eigenvalue weighted by Gasteiger charge is -2.36. The first-order chi connectivity index (χ1) is 13.1. The van der Waals surface area contributed by atoms with Gasteiger partial charge in [0, 0.05) is 45.5 Å². The Morgan fingerprint density at radius 2 is 1.93 bits per heavy atom. The second-order valence-electron chi connectivity index (χ2n) is 6.70. The van der Waals surface area contributed by atoms with Crippen LogP contribution >= 0.6 is 0 Å². The van der Waals surface area contributed by atoms with Gasteiger partial charge in [-0.15, -0.1) is 0 Å². The van der Waals surface area contributed by atoms with Crippen LogP contribution in [0.4, 0.5) is 11.5 Å². The van der Waals surface area contributed by atoms with Crippen molar-refractivity contribution in [2.24, 2.45) is 0 Å². The van der Waals surface area contributed by atoms with Gasteiger partial charge in [-0.25, -0.2) is 9.97 Å². The number of rotatable bonds is 6. The van der Waals surface area contributed by atoms with Gasteiger partial charge >= 0.3 is 0 Å². The molecule has 144 valence electrons. The third-order valence-corrected chi connectivity index (χ3v) is 4.97. The first-order valence-electron chi connectivity index (χ1n) is 9.25. The Bertz CT molecular complexity index is 770. The Balaban J connectivity index is 1.57. The predicted molar refractivity (Wildman–Crippen MR) is 106 cm³/mol. The molecule has 0 atom stereocenters. The van der Waals surface area contributed by atoms with Crippen molar-refractivity contribution in [3.8, 4) is 0 Å². The number of benzene rings is 1. The van der Waals surface area contributed by atoms with E-state index in [0.717, 1.165) is 13.1 Å². The van der Waals surface area contributed by atoms with Crippen LogP contribution in [-0.2, 0) is 4.74 Å². The minimum atomic E-state index is -0.0634. The van der Waals surface area contributed by atoms with Gasteiger partial charge < -0.3 is 19.9 Å². The number of piperazine rings is 1.